The Morgan fingerprint density at radius 1 is 1.19 bits per heavy atom. The first-order valence-electron chi connectivity index (χ1n) is 6.20. The molecule has 0 saturated heterocycles. The molecule has 106 valence electrons. The SMILES string of the molecule is N#Cc1cccc(COC(=O)COc2ccc(Br)cc2)c1. The predicted octanol–water partition coefficient (Wildman–Crippen LogP) is 3.44. The number of benzene rings is 2. The van der Waals surface area contributed by atoms with Gasteiger partial charge < -0.3 is 9.47 Å². The Morgan fingerprint density at radius 3 is 2.67 bits per heavy atom. The summed E-state index contributed by atoms with van der Waals surface area (Å²) in [6, 6.07) is 16.1. The van der Waals surface area contributed by atoms with E-state index in [4.69, 9.17) is 14.7 Å². The molecule has 0 amide bonds. The lowest BCUT2D eigenvalue weighted by Crippen LogP contribution is -2.14. The van der Waals surface area contributed by atoms with Crippen LogP contribution in [0.15, 0.2) is 53.0 Å². The van der Waals surface area contributed by atoms with E-state index in [1.807, 2.05) is 18.2 Å². The smallest absolute Gasteiger partial charge is 0.344 e. The summed E-state index contributed by atoms with van der Waals surface area (Å²) in [6.07, 6.45) is 0. The minimum atomic E-state index is -0.458. The van der Waals surface area contributed by atoms with E-state index in [0.717, 1.165) is 10.0 Å². The first-order chi connectivity index (χ1) is 10.2. The van der Waals surface area contributed by atoms with Gasteiger partial charge in [0.2, 0.25) is 0 Å². The van der Waals surface area contributed by atoms with Crippen LogP contribution in [0.3, 0.4) is 0 Å². The molecular weight excluding hydrogens is 334 g/mol. The van der Waals surface area contributed by atoms with E-state index in [0.29, 0.717) is 11.3 Å². The molecular formula is C16H12BrNO3. The lowest BCUT2D eigenvalue weighted by molar-refractivity contribution is -0.147. The number of hydrogen-bond donors (Lipinski definition) is 0. The molecule has 0 aromatic heterocycles. The molecule has 0 aliphatic heterocycles. The zero-order valence-electron chi connectivity index (χ0n) is 11.1. The molecule has 2 aromatic rings. The van der Waals surface area contributed by atoms with Crippen LogP contribution in [0.25, 0.3) is 0 Å². The van der Waals surface area contributed by atoms with Gasteiger partial charge in [0.25, 0.3) is 0 Å². The molecule has 0 saturated carbocycles. The number of ether oxygens (including phenoxy) is 2. The maximum absolute atomic E-state index is 11.6. The zero-order chi connectivity index (χ0) is 15.1. The first-order valence-corrected chi connectivity index (χ1v) is 7.00. The number of carbonyl (C=O) groups excluding carboxylic acids is 1. The first kappa shape index (κ1) is 15.1. The Balaban J connectivity index is 1.79. The second-order valence-electron chi connectivity index (χ2n) is 4.22. The highest BCUT2D eigenvalue weighted by molar-refractivity contribution is 9.10. The van der Waals surface area contributed by atoms with Crippen molar-refractivity contribution in [2.45, 2.75) is 6.61 Å². The van der Waals surface area contributed by atoms with Crippen LogP contribution in [0.2, 0.25) is 0 Å². The maximum Gasteiger partial charge on any atom is 0.344 e. The third-order valence-corrected chi connectivity index (χ3v) is 3.15. The summed E-state index contributed by atoms with van der Waals surface area (Å²) in [5.41, 5.74) is 1.31. The second-order valence-corrected chi connectivity index (χ2v) is 5.13. The molecule has 0 unspecified atom stereocenters. The average molecular weight is 346 g/mol. The molecule has 21 heavy (non-hydrogen) atoms. The Bertz CT molecular complexity index is 662. The number of esters is 1. The number of nitriles is 1. The van der Waals surface area contributed by atoms with Gasteiger partial charge in [-0.05, 0) is 42.0 Å². The van der Waals surface area contributed by atoms with Gasteiger partial charge in [0, 0.05) is 4.47 Å². The molecule has 0 atom stereocenters. The summed E-state index contributed by atoms with van der Waals surface area (Å²) in [7, 11) is 0. The van der Waals surface area contributed by atoms with Crippen LogP contribution in [0.5, 0.6) is 5.75 Å². The molecule has 5 heteroatoms. The Morgan fingerprint density at radius 2 is 1.95 bits per heavy atom. The van der Waals surface area contributed by atoms with Crippen LogP contribution in [-0.4, -0.2) is 12.6 Å². The standard InChI is InChI=1S/C16H12BrNO3/c17-14-4-6-15(7-5-14)20-11-16(19)21-10-13-3-1-2-12(8-13)9-18/h1-8H,10-11H2. The Labute approximate surface area is 131 Å². The van der Waals surface area contributed by atoms with Crippen molar-refractivity contribution in [3.8, 4) is 11.8 Å². The van der Waals surface area contributed by atoms with Gasteiger partial charge in [-0.1, -0.05) is 28.1 Å². The minimum Gasteiger partial charge on any atom is -0.482 e. The van der Waals surface area contributed by atoms with Crippen LogP contribution in [-0.2, 0) is 16.1 Å². The summed E-state index contributed by atoms with van der Waals surface area (Å²) in [4.78, 5) is 11.6. The third-order valence-electron chi connectivity index (χ3n) is 2.63. The highest BCUT2D eigenvalue weighted by Crippen LogP contribution is 2.16. The van der Waals surface area contributed by atoms with Crippen molar-refractivity contribution in [1.82, 2.24) is 0 Å². The van der Waals surface area contributed by atoms with Crippen LogP contribution in [0.4, 0.5) is 0 Å². The lowest BCUT2D eigenvalue weighted by atomic mass is 10.1. The predicted molar refractivity (Wildman–Crippen MR) is 80.6 cm³/mol. The van der Waals surface area contributed by atoms with Crippen molar-refractivity contribution >= 4 is 21.9 Å². The molecule has 2 aromatic carbocycles. The minimum absolute atomic E-state index is 0.123. The number of rotatable bonds is 5. The van der Waals surface area contributed by atoms with Gasteiger partial charge in [0.05, 0.1) is 11.6 Å². The molecule has 2 rings (SSSR count). The third kappa shape index (κ3) is 4.93. The normalized spacial score (nSPS) is 9.71. The fourth-order valence-corrected chi connectivity index (χ4v) is 1.87. The van der Waals surface area contributed by atoms with Crippen LogP contribution < -0.4 is 4.74 Å². The van der Waals surface area contributed by atoms with Crippen molar-refractivity contribution in [2.24, 2.45) is 0 Å². The number of carbonyl (C=O) groups is 1. The van der Waals surface area contributed by atoms with E-state index in [1.165, 1.54) is 0 Å². The van der Waals surface area contributed by atoms with E-state index < -0.39 is 5.97 Å². The lowest BCUT2D eigenvalue weighted by Gasteiger charge is -2.07. The van der Waals surface area contributed by atoms with Gasteiger partial charge >= 0.3 is 5.97 Å². The quantitative estimate of drug-likeness (QED) is 0.778. The molecule has 0 aliphatic rings. The van der Waals surface area contributed by atoms with Crippen molar-refractivity contribution in [3.63, 3.8) is 0 Å². The highest BCUT2D eigenvalue weighted by Gasteiger charge is 2.05. The van der Waals surface area contributed by atoms with Crippen molar-refractivity contribution in [2.75, 3.05) is 6.61 Å². The number of hydrogen-bond acceptors (Lipinski definition) is 4. The fourth-order valence-electron chi connectivity index (χ4n) is 1.61. The van der Waals surface area contributed by atoms with E-state index in [-0.39, 0.29) is 13.2 Å². The van der Waals surface area contributed by atoms with Crippen molar-refractivity contribution in [3.05, 3.63) is 64.1 Å². The van der Waals surface area contributed by atoms with Crippen LogP contribution >= 0.6 is 15.9 Å². The van der Waals surface area contributed by atoms with Gasteiger partial charge in [-0.25, -0.2) is 4.79 Å². The van der Waals surface area contributed by atoms with Crippen LogP contribution in [0.1, 0.15) is 11.1 Å². The number of halogens is 1. The highest BCUT2D eigenvalue weighted by atomic mass is 79.9. The average Bonchev–Trinajstić information content (AvgIpc) is 2.52. The van der Waals surface area contributed by atoms with Gasteiger partial charge in [-0.3, -0.25) is 0 Å². The van der Waals surface area contributed by atoms with Crippen molar-refractivity contribution < 1.29 is 14.3 Å². The number of nitrogens with zero attached hydrogens (tertiary/aromatic N) is 1. The summed E-state index contributed by atoms with van der Waals surface area (Å²) in [5.74, 6) is 0.141. The molecule has 0 aliphatic carbocycles. The monoisotopic (exact) mass is 345 g/mol. The fraction of sp³-hybridized carbons (Fsp3) is 0.125. The molecule has 0 bridgehead atoms. The van der Waals surface area contributed by atoms with Crippen molar-refractivity contribution in [1.29, 1.82) is 5.26 Å². The summed E-state index contributed by atoms with van der Waals surface area (Å²) < 4.78 is 11.3. The molecule has 0 heterocycles. The van der Waals surface area contributed by atoms with Crippen LogP contribution in [0, 0.1) is 11.3 Å². The topological polar surface area (TPSA) is 59.3 Å². The van der Waals surface area contributed by atoms with Gasteiger partial charge in [-0.2, -0.15) is 5.26 Å². The van der Waals surface area contributed by atoms with E-state index in [2.05, 4.69) is 15.9 Å². The largest absolute Gasteiger partial charge is 0.482 e. The Kier molecular flexibility index (Phi) is 5.35. The summed E-state index contributed by atoms with van der Waals surface area (Å²) in [5, 5.41) is 8.79. The molecule has 0 fully saturated rings. The molecule has 0 N–H and O–H groups in total. The van der Waals surface area contributed by atoms with Gasteiger partial charge in [-0.15, -0.1) is 0 Å². The zero-order valence-corrected chi connectivity index (χ0v) is 12.7. The molecule has 4 nitrogen and oxygen atoms in total. The van der Waals surface area contributed by atoms with Gasteiger partial charge in [0.15, 0.2) is 6.61 Å². The van der Waals surface area contributed by atoms with E-state index >= 15 is 0 Å². The maximum atomic E-state index is 11.6. The molecule has 0 spiro atoms. The van der Waals surface area contributed by atoms with Gasteiger partial charge in [0.1, 0.15) is 12.4 Å². The second kappa shape index (κ2) is 7.46. The Hall–Kier alpha value is -2.32. The summed E-state index contributed by atoms with van der Waals surface area (Å²) in [6.45, 7) is -0.0301. The van der Waals surface area contributed by atoms with E-state index in [1.54, 1.807) is 36.4 Å². The summed E-state index contributed by atoms with van der Waals surface area (Å²) >= 11 is 3.32. The molecule has 0 radical (unpaired) electrons. The van der Waals surface area contributed by atoms with E-state index in [9.17, 15) is 4.79 Å².